The molecule has 0 bridgehead atoms. The number of benzene rings is 2. The largest absolute Gasteiger partial charge is 1.00 e. The van der Waals surface area contributed by atoms with Gasteiger partial charge >= 0.3 is 41.6 Å². The molecule has 1 aliphatic heterocycles. The van der Waals surface area contributed by atoms with E-state index in [4.69, 9.17) is 14.6 Å². The number of hydrogen-bond donors (Lipinski definition) is 3. The molecule has 1 aliphatic rings. The number of hydrogen-bond acceptors (Lipinski definition) is 5. The topological polar surface area (TPSA) is 114 Å². The summed E-state index contributed by atoms with van der Waals surface area (Å²) in [6.07, 6.45) is 0. The number of ether oxygens (including phenoxy) is 2. The minimum Gasteiger partial charge on any atom is -1.00 e. The molecule has 8 nitrogen and oxygen atoms in total. The van der Waals surface area contributed by atoms with Crippen molar-refractivity contribution in [2.24, 2.45) is 0 Å². The first-order valence-corrected chi connectivity index (χ1v) is 7.38. The van der Waals surface area contributed by atoms with Gasteiger partial charge in [0.05, 0.1) is 5.56 Å². The summed E-state index contributed by atoms with van der Waals surface area (Å²) in [5.74, 6) is -0.758. The van der Waals surface area contributed by atoms with Crippen molar-refractivity contribution < 1.29 is 59.9 Å². The smallest absolute Gasteiger partial charge is 1.00 e. The fourth-order valence-corrected chi connectivity index (χ4v) is 2.25. The van der Waals surface area contributed by atoms with Crippen LogP contribution in [-0.4, -0.2) is 36.2 Å². The Bertz CT molecular complexity index is 861. The van der Waals surface area contributed by atoms with Crippen LogP contribution >= 0.6 is 0 Å². The van der Waals surface area contributed by atoms with Crippen LogP contribution in [0.2, 0.25) is 0 Å². The van der Waals surface area contributed by atoms with Gasteiger partial charge in [0, 0.05) is 11.3 Å². The second-order valence-corrected chi connectivity index (χ2v) is 5.15. The number of carbonyl (C=O) groups excluding carboxylic acids is 2. The van der Waals surface area contributed by atoms with Gasteiger partial charge in [-0.2, -0.15) is 0 Å². The maximum atomic E-state index is 12.1. The molecule has 1 heterocycles. The number of carbonyl (C=O) groups is 3. The molecule has 9 heteroatoms. The molecular formula is C17H15N2NaO6. The fraction of sp³-hybridized carbons (Fsp3) is 0.118. The third-order valence-corrected chi connectivity index (χ3v) is 3.40. The van der Waals surface area contributed by atoms with Crippen molar-refractivity contribution >= 4 is 23.6 Å². The van der Waals surface area contributed by atoms with E-state index in [1.165, 1.54) is 36.4 Å². The van der Waals surface area contributed by atoms with E-state index < -0.39 is 17.9 Å². The molecule has 0 spiro atoms. The summed E-state index contributed by atoms with van der Waals surface area (Å²) < 4.78 is 10.8. The van der Waals surface area contributed by atoms with Crippen LogP contribution in [0.15, 0.2) is 42.5 Å². The summed E-state index contributed by atoms with van der Waals surface area (Å²) >= 11 is 0. The number of fused-ring (bicyclic) bond motifs is 1. The van der Waals surface area contributed by atoms with Crippen LogP contribution < -0.4 is 49.7 Å². The van der Waals surface area contributed by atoms with Crippen molar-refractivity contribution in [3.05, 3.63) is 53.6 Å². The van der Waals surface area contributed by atoms with Crippen LogP contribution in [0, 0.1) is 0 Å². The van der Waals surface area contributed by atoms with Gasteiger partial charge in [-0.15, -0.1) is 0 Å². The molecule has 0 radical (unpaired) electrons. The summed E-state index contributed by atoms with van der Waals surface area (Å²) in [6.45, 7) is 0.828. The number of aromatic carboxylic acids is 1. The molecule has 0 atom stereocenters. The SMILES string of the molecule is O=C(NC(=O)c1ccc2c(c1)OCCO2)Nc1cccc(C(=O)O)c1.[H-].[Na+]. The van der Waals surface area contributed by atoms with Crippen molar-refractivity contribution in [3.8, 4) is 11.5 Å². The quantitative estimate of drug-likeness (QED) is 0.615. The van der Waals surface area contributed by atoms with Crippen molar-refractivity contribution in [2.45, 2.75) is 0 Å². The molecule has 26 heavy (non-hydrogen) atoms. The van der Waals surface area contributed by atoms with E-state index >= 15 is 0 Å². The Balaban J connectivity index is 0.00000182. The molecule has 0 fully saturated rings. The number of urea groups is 1. The van der Waals surface area contributed by atoms with E-state index in [2.05, 4.69) is 10.6 Å². The molecule has 130 valence electrons. The van der Waals surface area contributed by atoms with Crippen LogP contribution in [0.4, 0.5) is 10.5 Å². The summed E-state index contributed by atoms with van der Waals surface area (Å²) in [7, 11) is 0. The van der Waals surface area contributed by atoms with Gasteiger partial charge in [-0.25, -0.2) is 9.59 Å². The van der Waals surface area contributed by atoms with E-state index in [9.17, 15) is 14.4 Å². The minimum absolute atomic E-state index is 0. The normalized spacial score (nSPS) is 11.7. The first-order valence-electron chi connectivity index (χ1n) is 7.38. The zero-order valence-corrected chi connectivity index (χ0v) is 15.9. The zero-order chi connectivity index (χ0) is 17.8. The fourth-order valence-electron chi connectivity index (χ4n) is 2.25. The average molecular weight is 366 g/mol. The molecular weight excluding hydrogens is 351 g/mol. The Kier molecular flexibility index (Phi) is 6.62. The van der Waals surface area contributed by atoms with E-state index in [1.54, 1.807) is 6.07 Å². The summed E-state index contributed by atoms with van der Waals surface area (Å²) in [6, 6.07) is 9.51. The third-order valence-electron chi connectivity index (χ3n) is 3.40. The summed E-state index contributed by atoms with van der Waals surface area (Å²) in [5.41, 5.74) is 0.516. The van der Waals surface area contributed by atoms with E-state index in [0.29, 0.717) is 24.7 Å². The Morgan fingerprint density at radius 2 is 1.69 bits per heavy atom. The molecule has 3 rings (SSSR count). The number of carboxylic acids is 1. The van der Waals surface area contributed by atoms with Crippen molar-refractivity contribution in [3.63, 3.8) is 0 Å². The van der Waals surface area contributed by atoms with Gasteiger partial charge in [0.15, 0.2) is 11.5 Å². The standard InChI is InChI=1S/C17H14N2O6.Na.H/c20-15(10-4-5-13-14(9-10)25-7-6-24-13)19-17(23)18-12-3-1-2-11(8-12)16(21)22;;/h1-5,8-9H,6-7H2,(H,21,22)(H2,18,19,20,23);;/q;+1;-1. The van der Waals surface area contributed by atoms with Gasteiger partial charge in [-0.05, 0) is 36.4 Å². The maximum absolute atomic E-state index is 12.1. The Labute approximate surface area is 172 Å². The molecule has 3 N–H and O–H groups in total. The minimum atomic E-state index is -1.11. The Morgan fingerprint density at radius 3 is 2.42 bits per heavy atom. The van der Waals surface area contributed by atoms with Crippen molar-refractivity contribution in [1.82, 2.24) is 5.32 Å². The van der Waals surface area contributed by atoms with Crippen LogP contribution in [0.5, 0.6) is 11.5 Å². The predicted octanol–water partition coefficient (Wildman–Crippen LogP) is -0.766. The first kappa shape index (κ1) is 19.8. The van der Waals surface area contributed by atoms with Crippen molar-refractivity contribution in [2.75, 3.05) is 18.5 Å². The van der Waals surface area contributed by atoms with Crippen molar-refractivity contribution in [1.29, 1.82) is 0 Å². The molecule has 2 aromatic carbocycles. The van der Waals surface area contributed by atoms with Gasteiger partial charge in [-0.1, -0.05) is 6.07 Å². The molecule has 0 aromatic heterocycles. The molecule has 0 saturated heterocycles. The van der Waals surface area contributed by atoms with Gasteiger partial charge in [0.25, 0.3) is 5.91 Å². The Morgan fingerprint density at radius 1 is 0.962 bits per heavy atom. The predicted molar refractivity (Wildman–Crippen MR) is 88.4 cm³/mol. The Hall–Kier alpha value is -2.55. The number of rotatable bonds is 3. The molecule has 0 saturated carbocycles. The molecule has 3 amide bonds. The number of nitrogens with one attached hydrogen (secondary N) is 2. The number of imide groups is 1. The number of amides is 3. The first-order chi connectivity index (χ1) is 12.0. The van der Waals surface area contributed by atoms with Crippen LogP contribution in [0.25, 0.3) is 0 Å². The van der Waals surface area contributed by atoms with E-state index in [-0.39, 0.29) is 47.8 Å². The van der Waals surface area contributed by atoms with Gasteiger partial charge in [0.1, 0.15) is 13.2 Å². The van der Waals surface area contributed by atoms with Crippen LogP contribution in [0.3, 0.4) is 0 Å². The molecule has 2 aromatic rings. The van der Waals surface area contributed by atoms with Gasteiger partial charge < -0.3 is 21.3 Å². The molecule has 0 unspecified atom stereocenters. The van der Waals surface area contributed by atoms with E-state index in [1.807, 2.05) is 0 Å². The van der Waals surface area contributed by atoms with Crippen LogP contribution in [-0.2, 0) is 0 Å². The second-order valence-electron chi connectivity index (χ2n) is 5.15. The molecule has 0 aliphatic carbocycles. The monoisotopic (exact) mass is 366 g/mol. The van der Waals surface area contributed by atoms with E-state index in [0.717, 1.165) is 0 Å². The summed E-state index contributed by atoms with van der Waals surface area (Å²) in [4.78, 5) is 35.0. The van der Waals surface area contributed by atoms with Gasteiger partial charge in [-0.3, -0.25) is 10.1 Å². The van der Waals surface area contributed by atoms with Gasteiger partial charge in [0.2, 0.25) is 0 Å². The zero-order valence-electron chi connectivity index (χ0n) is 14.9. The third kappa shape index (κ3) is 4.75. The average Bonchev–Trinajstić information content (AvgIpc) is 2.61. The van der Waals surface area contributed by atoms with Crippen LogP contribution in [0.1, 0.15) is 22.1 Å². The second kappa shape index (κ2) is 8.70. The maximum Gasteiger partial charge on any atom is 1.00 e. The number of anilines is 1. The summed E-state index contributed by atoms with van der Waals surface area (Å²) in [5, 5.41) is 13.5. The number of carboxylic acid groups (broad SMARTS) is 1.